The predicted octanol–water partition coefficient (Wildman–Crippen LogP) is 5.73. The lowest BCUT2D eigenvalue weighted by Gasteiger charge is -2.25. The van der Waals surface area contributed by atoms with Crippen LogP contribution < -0.4 is 0 Å². The summed E-state index contributed by atoms with van der Waals surface area (Å²) in [7, 11) is 0. The Kier molecular flexibility index (Phi) is 2.75. The average Bonchev–Trinajstić information content (AvgIpc) is 3.24. The van der Waals surface area contributed by atoms with Crippen LogP contribution in [0.3, 0.4) is 0 Å². The first-order chi connectivity index (χ1) is 12.9. The Bertz CT molecular complexity index is 1180. The van der Waals surface area contributed by atoms with Gasteiger partial charge in [0.05, 0.1) is 0 Å². The van der Waals surface area contributed by atoms with E-state index in [4.69, 9.17) is 0 Å². The highest BCUT2D eigenvalue weighted by molar-refractivity contribution is 5.92. The minimum atomic E-state index is 0.252. The van der Waals surface area contributed by atoms with E-state index >= 15 is 0 Å². The van der Waals surface area contributed by atoms with Crippen LogP contribution >= 0.6 is 0 Å². The van der Waals surface area contributed by atoms with Gasteiger partial charge in [-0.25, -0.2) is 0 Å². The van der Waals surface area contributed by atoms with Gasteiger partial charge in [0.2, 0.25) is 0 Å². The summed E-state index contributed by atoms with van der Waals surface area (Å²) >= 11 is 0. The van der Waals surface area contributed by atoms with Gasteiger partial charge in [0, 0.05) is 45.5 Å². The van der Waals surface area contributed by atoms with Crippen LogP contribution in [0.25, 0.3) is 21.8 Å². The lowest BCUT2D eigenvalue weighted by Crippen LogP contribution is -2.13. The summed E-state index contributed by atoms with van der Waals surface area (Å²) in [5.41, 5.74) is 9.34. The van der Waals surface area contributed by atoms with Crippen molar-refractivity contribution in [1.82, 2.24) is 9.97 Å². The minimum absolute atomic E-state index is 0.252. The van der Waals surface area contributed by atoms with Crippen molar-refractivity contribution in [2.24, 2.45) is 0 Å². The third kappa shape index (κ3) is 1.81. The van der Waals surface area contributed by atoms with Crippen molar-refractivity contribution in [3.8, 4) is 0 Å². The van der Waals surface area contributed by atoms with Crippen LogP contribution in [-0.2, 0) is 6.42 Å². The zero-order chi connectivity index (χ0) is 17.1. The van der Waals surface area contributed by atoms with Crippen LogP contribution in [0, 0.1) is 0 Å². The number of rotatable bonds is 1. The molecule has 1 aliphatic rings. The van der Waals surface area contributed by atoms with Gasteiger partial charge in [0.15, 0.2) is 0 Å². The molecule has 2 nitrogen and oxygen atoms in total. The fraction of sp³-hybridized carbons (Fsp3) is 0.0833. The highest BCUT2D eigenvalue weighted by Crippen LogP contribution is 2.46. The quantitative estimate of drug-likeness (QED) is 0.385. The van der Waals surface area contributed by atoms with Gasteiger partial charge in [0.25, 0.3) is 0 Å². The summed E-state index contributed by atoms with van der Waals surface area (Å²) in [5, 5.41) is 2.68. The van der Waals surface area contributed by atoms with Crippen LogP contribution in [0.15, 0.2) is 78.9 Å². The summed E-state index contributed by atoms with van der Waals surface area (Å²) in [5.74, 6) is 0.252. The van der Waals surface area contributed by atoms with Crippen molar-refractivity contribution in [3.05, 3.63) is 107 Å². The molecule has 124 valence electrons. The van der Waals surface area contributed by atoms with Crippen molar-refractivity contribution in [2.75, 3.05) is 0 Å². The number of fused-ring (bicyclic) bond motifs is 6. The largest absolute Gasteiger partial charge is 0.358 e. The summed E-state index contributed by atoms with van der Waals surface area (Å²) in [4.78, 5) is 7.36. The van der Waals surface area contributed by atoms with E-state index in [9.17, 15) is 0 Å². The third-order valence-electron chi connectivity index (χ3n) is 5.72. The Morgan fingerprint density at radius 3 is 1.65 bits per heavy atom. The molecule has 6 rings (SSSR count). The summed E-state index contributed by atoms with van der Waals surface area (Å²) in [6, 6.07) is 28.3. The number of hydrogen-bond acceptors (Lipinski definition) is 0. The van der Waals surface area contributed by atoms with Crippen molar-refractivity contribution < 1.29 is 0 Å². The molecule has 2 heteroatoms. The van der Waals surface area contributed by atoms with Crippen molar-refractivity contribution in [1.29, 1.82) is 0 Å². The molecule has 0 radical (unpaired) electrons. The van der Waals surface area contributed by atoms with Crippen LogP contribution in [0.5, 0.6) is 0 Å². The lowest BCUT2D eigenvalue weighted by atomic mass is 9.78. The van der Waals surface area contributed by atoms with Gasteiger partial charge < -0.3 is 9.97 Å². The SMILES string of the molecule is c1ccc(C2c3c([nH]c4ccccc34)Cc3[nH]c4ccccc4c32)cc1. The van der Waals surface area contributed by atoms with Crippen LogP contribution in [-0.4, -0.2) is 9.97 Å². The maximum atomic E-state index is 3.68. The molecule has 3 aromatic carbocycles. The van der Waals surface area contributed by atoms with E-state index in [-0.39, 0.29) is 5.92 Å². The molecule has 0 saturated carbocycles. The number of para-hydroxylation sites is 2. The van der Waals surface area contributed by atoms with E-state index in [2.05, 4.69) is 88.8 Å². The maximum Gasteiger partial charge on any atom is 0.0459 e. The fourth-order valence-electron chi connectivity index (χ4n) is 4.68. The van der Waals surface area contributed by atoms with Gasteiger partial charge in [0.1, 0.15) is 0 Å². The molecule has 0 bridgehead atoms. The molecular weight excluding hydrogens is 316 g/mol. The molecule has 0 saturated heterocycles. The Morgan fingerprint density at radius 2 is 1.08 bits per heavy atom. The number of aromatic amines is 2. The molecule has 0 unspecified atom stereocenters. The highest BCUT2D eigenvalue weighted by Gasteiger charge is 2.32. The Morgan fingerprint density at radius 1 is 0.577 bits per heavy atom. The second kappa shape index (κ2) is 5.12. The molecule has 26 heavy (non-hydrogen) atoms. The zero-order valence-corrected chi connectivity index (χ0v) is 14.3. The number of hydrogen-bond donors (Lipinski definition) is 2. The van der Waals surface area contributed by atoms with Crippen molar-refractivity contribution >= 4 is 21.8 Å². The number of nitrogens with one attached hydrogen (secondary N) is 2. The Hall–Kier alpha value is -3.26. The molecule has 0 spiro atoms. The first-order valence-corrected chi connectivity index (χ1v) is 9.14. The van der Waals surface area contributed by atoms with Crippen LogP contribution in [0.1, 0.15) is 34.0 Å². The van der Waals surface area contributed by atoms with Gasteiger partial charge in [-0.05, 0) is 28.8 Å². The molecule has 1 aliphatic carbocycles. The highest BCUT2D eigenvalue weighted by atomic mass is 14.8. The van der Waals surface area contributed by atoms with Crippen molar-refractivity contribution in [2.45, 2.75) is 12.3 Å². The van der Waals surface area contributed by atoms with E-state index in [1.54, 1.807) is 0 Å². The Labute approximate surface area is 151 Å². The smallest absolute Gasteiger partial charge is 0.0459 e. The average molecular weight is 334 g/mol. The maximum absolute atomic E-state index is 3.68. The monoisotopic (exact) mass is 334 g/mol. The first kappa shape index (κ1) is 14.0. The molecule has 0 fully saturated rings. The van der Waals surface area contributed by atoms with Gasteiger partial charge >= 0.3 is 0 Å². The standard InChI is InChI=1S/C24H18N2/c1-2-8-15(9-3-1)22-23-16-10-4-6-12-18(16)25-20(23)14-21-24(22)17-11-5-7-13-19(17)26-21/h1-13,22,25-26H,14H2. The second-order valence-electron chi connectivity index (χ2n) is 7.15. The van der Waals surface area contributed by atoms with E-state index in [0.717, 1.165) is 6.42 Å². The molecule has 0 aliphatic heterocycles. The molecule has 2 aromatic heterocycles. The Balaban J connectivity index is 1.74. The molecule has 5 aromatic rings. The van der Waals surface area contributed by atoms with Crippen LogP contribution in [0.2, 0.25) is 0 Å². The predicted molar refractivity (Wildman–Crippen MR) is 107 cm³/mol. The molecule has 2 heterocycles. The molecule has 2 N–H and O–H groups in total. The number of H-pyrrole nitrogens is 2. The zero-order valence-electron chi connectivity index (χ0n) is 14.3. The fourth-order valence-corrected chi connectivity index (χ4v) is 4.68. The van der Waals surface area contributed by atoms with Crippen molar-refractivity contribution in [3.63, 3.8) is 0 Å². The number of benzene rings is 3. The van der Waals surface area contributed by atoms with Gasteiger partial charge in [-0.3, -0.25) is 0 Å². The lowest BCUT2D eigenvalue weighted by molar-refractivity contribution is 0.875. The van der Waals surface area contributed by atoms with Gasteiger partial charge in [-0.15, -0.1) is 0 Å². The summed E-state index contributed by atoms with van der Waals surface area (Å²) in [6.07, 6.45) is 0.928. The second-order valence-corrected chi connectivity index (χ2v) is 7.15. The summed E-state index contributed by atoms with van der Waals surface area (Å²) in [6.45, 7) is 0. The van der Waals surface area contributed by atoms with Gasteiger partial charge in [-0.2, -0.15) is 0 Å². The molecular formula is C24H18N2. The normalized spacial score (nSPS) is 13.8. The molecule has 0 atom stereocenters. The van der Waals surface area contributed by atoms with Crippen LogP contribution in [0.4, 0.5) is 0 Å². The minimum Gasteiger partial charge on any atom is -0.358 e. The summed E-state index contributed by atoms with van der Waals surface area (Å²) < 4.78 is 0. The third-order valence-corrected chi connectivity index (χ3v) is 5.72. The molecule has 0 amide bonds. The van der Waals surface area contributed by atoms with E-state index in [1.165, 1.54) is 49.9 Å². The number of aromatic nitrogens is 2. The van der Waals surface area contributed by atoms with E-state index in [1.807, 2.05) is 0 Å². The van der Waals surface area contributed by atoms with E-state index in [0.29, 0.717) is 0 Å². The van der Waals surface area contributed by atoms with E-state index < -0.39 is 0 Å². The topological polar surface area (TPSA) is 31.6 Å². The first-order valence-electron chi connectivity index (χ1n) is 9.14. The van der Waals surface area contributed by atoms with Gasteiger partial charge in [-0.1, -0.05) is 66.7 Å².